The van der Waals surface area contributed by atoms with Crippen LogP contribution < -0.4 is 0 Å². The Hall–Kier alpha value is -1.76. The fourth-order valence-corrected chi connectivity index (χ4v) is 2.75. The van der Waals surface area contributed by atoms with Crippen molar-refractivity contribution in [1.82, 2.24) is 25.1 Å². The van der Waals surface area contributed by atoms with Gasteiger partial charge in [0.15, 0.2) is 5.82 Å². The lowest BCUT2D eigenvalue weighted by Crippen LogP contribution is -2.45. The zero-order valence-electron chi connectivity index (χ0n) is 14.7. The Morgan fingerprint density at radius 2 is 1.96 bits per heavy atom. The van der Waals surface area contributed by atoms with Crippen LogP contribution in [-0.4, -0.2) is 36.6 Å². The largest absolute Gasteiger partial charge is 0.333 e. The highest BCUT2D eigenvalue weighted by atomic mass is 32.1. The minimum atomic E-state index is -0.265. The molecule has 7 heteroatoms. The van der Waals surface area contributed by atoms with Crippen LogP contribution in [0.2, 0.25) is 0 Å². The number of tetrazole rings is 1. The quantitative estimate of drug-likeness (QED) is 0.862. The zero-order valence-corrected chi connectivity index (χ0v) is 15.5. The number of carbonyl (C=O) groups is 1. The van der Waals surface area contributed by atoms with E-state index in [0.29, 0.717) is 12.4 Å². The van der Waals surface area contributed by atoms with Gasteiger partial charge in [0.25, 0.3) is 0 Å². The van der Waals surface area contributed by atoms with Gasteiger partial charge in [-0.15, -0.1) is 10.2 Å². The van der Waals surface area contributed by atoms with E-state index in [1.54, 1.807) is 16.1 Å². The van der Waals surface area contributed by atoms with Crippen LogP contribution in [0.5, 0.6) is 0 Å². The van der Waals surface area contributed by atoms with Gasteiger partial charge in [0.05, 0.1) is 12.0 Å². The SMILES string of the molecule is CC(C)(C)N(Cc1ccsc1)C(=O)Cc1nnn(C(C)(C)C)n1. The maximum Gasteiger partial charge on any atom is 0.231 e. The van der Waals surface area contributed by atoms with E-state index in [-0.39, 0.29) is 23.4 Å². The number of aromatic nitrogens is 4. The van der Waals surface area contributed by atoms with Crippen LogP contribution in [0.4, 0.5) is 0 Å². The van der Waals surface area contributed by atoms with Crippen molar-refractivity contribution in [2.75, 3.05) is 0 Å². The van der Waals surface area contributed by atoms with Crippen molar-refractivity contribution in [3.63, 3.8) is 0 Å². The van der Waals surface area contributed by atoms with Gasteiger partial charge in [-0.25, -0.2) is 0 Å². The third kappa shape index (κ3) is 4.60. The second-order valence-corrected chi connectivity index (χ2v) is 8.41. The molecule has 0 atom stereocenters. The van der Waals surface area contributed by atoms with E-state index in [1.807, 2.05) is 57.9 Å². The van der Waals surface area contributed by atoms with Crippen molar-refractivity contribution >= 4 is 17.2 Å². The Morgan fingerprint density at radius 3 is 2.43 bits per heavy atom. The van der Waals surface area contributed by atoms with Crippen molar-refractivity contribution in [2.45, 2.75) is 65.6 Å². The highest BCUT2D eigenvalue weighted by Gasteiger charge is 2.28. The monoisotopic (exact) mass is 335 g/mol. The lowest BCUT2D eigenvalue weighted by molar-refractivity contribution is -0.136. The number of nitrogens with zero attached hydrogens (tertiary/aromatic N) is 5. The molecule has 2 aromatic rings. The van der Waals surface area contributed by atoms with Crippen LogP contribution in [0.25, 0.3) is 0 Å². The molecular weight excluding hydrogens is 310 g/mol. The number of amides is 1. The highest BCUT2D eigenvalue weighted by Crippen LogP contribution is 2.20. The summed E-state index contributed by atoms with van der Waals surface area (Å²) in [7, 11) is 0. The third-order valence-corrected chi connectivity index (χ3v) is 4.13. The first kappa shape index (κ1) is 17.6. The van der Waals surface area contributed by atoms with Crippen LogP contribution in [0.3, 0.4) is 0 Å². The lowest BCUT2D eigenvalue weighted by Gasteiger charge is -2.35. The third-order valence-electron chi connectivity index (χ3n) is 3.40. The smallest absolute Gasteiger partial charge is 0.231 e. The van der Waals surface area contributed by atoms with Crippen LogP contribution in [-0.2, 0) is 23.3 Å². The molecule has 2 rings (SSSR count). The number of carbonyl (C=O) groups excluding carboxylic acids is 1. The molecule has 6 nitrogen and oxygen atoms in total. The Morgan fingerprint density at radius 1 is 1.26 bits per heavy atom. The van der Waals surface area contributed by atoms with Crippen LogP contribution >= 0.6 is 11.3 Å². The van der Waals surface area contributed by atoms with Crippen molar-refractivity contribution in [3.8, 4) is 0 Å². The van der Waals surface area contributed by atoms with Gasteiger partial charge in [-0.1, -0.05) is 0 Å². The molecule has 0 unspecified atom stereocenters. The Labute approximate surface area is 141 Å². The normalized spacial score (nSPS) is 12.4. The van der Waals surface area contributed by atoms with Gasteiger partial charge < -0.3 is 4.90 Å². The van der Waals surface area contributed by atoms with Crippen molar-refractivity contribution < 1.29 is 4.79 Å². The molecule has 0 bridgehead atoms. The molecule has 0 aromatic carbocycles. The number of rotatable bonds is 4. The van der Waals surface area contributed by atoms with Crippen molar-refractivity contribution in [3.05, 3.63) is 28.2 Å². The molecule has 0 saturated carbocycles. The van der Waals surface area contributed by atoms with E-state index in [9.17, 15) is 4.79 Å². The van der Waals surface area contributed by atoms with Crippen LogP contribution in [0.15, 0.2) is 16.8 Å². The maximum absolute atomic E-state index is 12.8. The van der Waals surface area contributed by atoms with Gasteiger partial charge in [-0.2, -0.15) is 16.1 Å². The van der Waals surface area contributed by atoms with E-state index in [0.717, 1.165) is 5.56 Å². The van der Waals surface area contributed by atoms with Gasteiger partial charge in [-0.05, 0) is 69.1 Å². The Kier molecular flexibility index (Phi) is 4.89. The van der Waals surface area contributed by atoms with E-state index in [4.69, 9.17) is 0 Å². The molecule has 23 heavy (non-hydrogen) atoms. The van der Waals surface area contributed by atoms with Crippen molar-refractivity contribution in [2.24, 2.45) is 0 Å². The molecule has 2 heterocycles. The minimum absolute atomic E-state index is 0.0113. The summed E-state index contributed by atoms with van der Waals surface area (Å²) in [4.78, 5) is 16.2. The average molecular weight is 335 g/mol. The summed E-state index contributed by atoms with van der Waals surface area (Å²) in [5.74, 6) is 0.474. The molecule has 0 aliphatic carbocycles. The number of hydrogen-bond donors (Lipinski definition) is 0. The first-order chi connectivity index (χ1) is 10.6. The van der Waals surface area contributed by atoms with Crippen LogP contribution in [0, 0.1) is 0 Å². The number of hydrogen-bond acceptors (Lipinski definition) is 5. The van der Waals surface area contributed by atoms with E-state index in [2.05, 4.69) is 20.8 Å². The first-order valence-electron chi connectivity index (χ1n) is 7.68. The highest BCUT2D eigenvalue weighted by molar-refractivity contribution is 7.07. The molecule has 0 fully saturated rings. The van der Waals surface area contributed by atoms with Gasteiger partial charge in [-0.3, -0.25) is 4.79 Å². The summed E-state index contributed by atoms with van der Waals surface area (Å²) in [6.07, 6.45) is 0.164. The van der Waals surface area contributed by atoms with E-state index >= 15 is 0 Å². The molecule has 0 spiro atoms. The van der Waals surface area contributed by atoms with Gasteiger partial charge in [0, 0.05) is 12.1 Å². The summed E-state index contributed by atoms with van der Waals surface area (Å²) >= 11 is 1.64. The summed E-state index contributed by atoms with van der Waals surface area (Å²) in [6.45, 7) is 12.7. The topological polar surface area (TPSA) is 63.9 Å². The summed E-state index contributed by atoms with van der Waals surface area (Å²) in [6, 6.07) is 2.05. The molecule has 126 valence electrons. The second-order valence-electron chi connectivity index (χ2n) is 7.63. The van der Waals surface area contributed by atoms with Crippen LogP contribution in [0.1, 0.15) is 52.9 Å². The van der Waals surface area contributed by atoms with Crippen molar-refractivity contribution in [1.29, 1.82) is 0 Å². The van der Waals surface area contributed by atoms with Gasteiger partial charge in [0.2, 0.25) is 5.91 Å². The Bertz CT molecular complexity index is 649. The molecule has 0 aliphatic heterocycles. The zero-order chi connectivity index (χ0) is 17.3. The predicted molar refractivity (Wildman–Crippen MR) is 91.1 cm³/mol. The summed E-state index contributed by atoms with van der Waals surface area (Å²) in [5, 5.41) is 16.5. The molecule has 2 aromatic heterocycles. The van der Waals surface area contributed by atoms with E-state index < -0.39 is 0 Å². The number of thiophene rings is 1. The summed E-state index contributed by atoms with van der Waals surface area (Å²) < 4.78 is 0. The molecular formula is C16H25N5OS. The van der Waals surface area contributed by atoms with E-state index in [1.165, 1.54) is 0 Å². The fraction of sp³-hybridized carbons (Fsp3) is 0.625. The minimum Gasteiger partial charge on any atom is -0.333 e. The molecule has 0 N–H and O–H groups in total. The maximum atomic E-state index is 12.8. The summed E-state index contributed by atoms with van der Waals surface area (Å²) in [5.41, 5.74) is 0.637. The molecule has 0 saturated heterocycles. The standard InChI is InChI=1S/C16H25N5OS/c1-15(2,3)20(10-12-7-8-23-11-12)14(22)9-13-17-19-21(18-13)16(4,5)6/h7-8,11H,9-10H2,1-6H3. The average Bonchev–Trinajstić information content (AvgIpc) is 3.04. The predicted octanol–water partition coefficient (Wildman–Crippen LogP) is 2.86. The fourth-order valence-electron chi connectivity index (χ4n) is 2.09. The molecule has 0 radical (unpaired) electrons. The molecule has 0 aliphatic rings. The van der Waals surface area contributed by atoms with Gasteiger partial charge in [0.1, 0.15) is 0 Å². The Balaban J connectivity index is 2.13. The second kappa shape index (κ2) is 6.39. The first-order valence-corrected chi connectivity index (χ1v) is 8.62. The van der Waals surface area contributed by atoms with Gasteiger partial charge >= 0.3 is 0 Å². The molecule has 1 amide bonds. The lowest BCUT2D eigenvalue weighted by atomic mass is 10.0.